The Labute approximate surface area is 123 Å². The standard InChI is InChI=1S/C17H17N3O/c18-14-8-4-7-13-11-15(20-16(13)14)17(21)19-10-9-12-5-2-1-3-6-12/h1-8,11,20H,9-10,18H2,(H,19,21). The molecule has 0 radical (unpaired) electrons. The van der Waals surface area contributed by atoms with Crippen LogP contribution in [0.25, 0.3) is 10.9 Å². The molecule has 4 nitrogen and oxygen atoms in total. The van der Waals surface area contributed by atoms with Crippen molar-refractivity contribution >= 4 is 22.5 Å². The monoisotopic (exact) mass is 279 g/mol. The number of aromatic nitrogens is 1. The van der Waals surface area contributed by atoms with E-state index in [1.165, 1.54) is 5.56 Å². The maximum atomic E-state index is 12.1. The predicted octanol–water partition coefficient (Wildman–Crippen LogP) is 2.72. The summed E-state index contributed by atoms with van der Waals surface area (Å²) in [4.78, 5) is 15.2. The van der Waals surface area contributed by atoms with Crippen molar-refractivity contribution in [1.29, 1.82) is 0 Å². The smallest absolute Gasteiger partial charge is 0.267 e. The van der Waals surface area contributed by atoms with Gasteiger partial charge in [-0.2, -0.15) is 0 Å². The molecule has 3 rings (SSSR count). The number of nitrogens with two attached hydrogens (primary N) is 1. The summed E-state index contributed by atoms with van der Waals surface area (Å²) in [5.41, 5.74) is 9.09. The minimum atomic E-state index is -0.110. The molecule has 0 saturated heterocycles. The number of aromatic amines is 1. The van der Waals surface area contributed by atoms with Gasteiger partial charge in [0.1, 0.15) is 5.69 Å². The molecule has 0 spiro atoms. The molecule has 0 aliphatic rings. The molecule has 1 aromatic heterocycles. The first kappa shape index (κ1) is 13.2. The fourth-order valence-electron chi connectivity index (χ4n) is 2.36. The van der Waals surface area contributed by atoms with Crippen LogP contribution in [0.1, 0.15) is 16.1 Å². The van der Waals surface area contributed by atoms with E-state index in [2.05, 4.69) is 22.4 Å². The zero-order valence-corrected chi connectivity index (χ0v) is 11.6. The minimum Gasteiger partial charge on any atom is -0.397 e. The SMILES string of the molecule is Nc1cccc2cc(C(=O)NCCc3ccccc3)[nH]c12. The summed E-state index contributed by atoms with van der Waals surface area (Å²) in [6, 6.07) is 17.5. The summed E-state index contributed by atoms with van der Waals surface area (Å²) < 4.78 is 0. The van der Waals surface area contributed by atoms with Crippen LogP contribution in [0, 0.1) is 0 Å². The van der Waals surface area contributed by atoms with Crippen LogP contribution in [0.3, 0.4) is 0 Å². The van der Waals surface area contributed by atoms with Gasteiger partial charge in [-0.15, -0.1) is 0 Å². The highest BCUT2D eigenvalue weighted by Crippen LogP contribution is 2.20. The molecule has 21 heavy (non-hydrogen) atoms. The molecule has 1 amide bonds. The second-order valence-electron chi connectivity index (χ2n) is 4.99. The van der Waals surface area contributed by atoms with E-state index in [1.807, 2.05) is 42.5 Å². The summed E-state index contributed by atoms with van der Waals surface area (Å²) in [5.74, 6) is -0.110. The van der Waals surface area contributed by atoms with Crippen molar-refractivity contribution in [1.82, 2.24) is 10.3 Å². The van der Waals surface area contributed by atoms with Crippen molar-refractivity contribution in [3.8, 4) is 0 Å². The van der Waals surface area contributed by atoms with Gasteiger partial charge in [0.05, 0.1) is 11.2 Å². The maximum Gasteiger partial charge on any atom is 0.267 e. The van der Waals surface area contributed by atoms with Gasteiger partial charge in [0.15, 0.2) is 0 Å². The number of hydrogen-bond donors (Lipinski definition) is 3. The first-order valence-electron chi connectivity index (χ1n) is 6.93. The number of benzene rings is 2. The van der Waals surface area contributed by atoms with Gasteiger partial charge in [0.25, 0.3) is 5.91 Å². The van der Waals surface area contributed by atoms with Crippen LogP contribution >= 0.6 is 0 Å². The Kier molecular flexibility index (Phi) is 3.60. The third-order valence-corrected chi connectivity index (χ3v) is 3.48. The van der Waals surface area contributed by atoms with Gasteiger partial charge < -0.3 is 16.0 Å². The Morgan fingerprint density at radius 3 is 2.67 bits per heavy atom. The van der Waals surface area contributed by atoms with Crippen LogP contribution in [0.5, 0.6) is 0 Å². The fraction of sp³-hybridized carbons (Fsp3) is 0.118. The second-order valence-corrected chi connectivity index (χ2v) is 4.99. The fourth-order valence-corrected chi connectivity index (χ4v) is 2.36. The lowest BCUT2D eigenvalue weighted by molar-refractivity contribution is 0.0950. The molecule has 2 aromatic carbocycles. The van der Waals surface area contributed by atoms with Gasteiger partial charge in [-0.3, -0.25) is 4.79 Å². The molecule has 106 valence electrons. The highest BCUT2D eigenvalue weighted by molar-refractivity contribution is 6.00. The molecular weight excluding hydrogens is 262 g/mol. The van der Waals surface area contributed by atoms with Crippen molar-refractivity contribution in [2.24, 2.45) is 0 Å². The Hall–Kier alpha value is -2.75. The van der Waals surface area contributed by atoms with Crippen molar-refractivity contribution < 1.29 is 4.79 Å². The summed E-state index contributed by atoms with van der Waals surface area (Å²) in [6.07, 6.45) is 0.814. The van der Waals surface area contributed by atoms with E-state index >= 15 is 0 Å². The number of anilines is 1. The van der Waals surface area contributed by atoms with Crippen LogP contribution in [0.2, 0.25) is 0 Å². The summed E-state index contributed by atoms with van der Waals surface area (Å²) in [7, 11) is 0. The van der Waals surface area contributed by atoms with Gasteiger partial charge in [-0.1, -0.05) is 42.5 Å². The largest absolute Gasteiger partial charge is 0.397 e. The highest BCUT2D eigenvalue weighted by atomic mass is 16.1. The molecule has 3 aromatic rings. The van der Waals surface area contributed by atoms with E-state index in [1.54, 1.807) is 0 Å². The van der Waals surface area contributed by atoms with Gasteiger partial charge >= 0.3 is 0 Å². The van der Waals surface area contributed by atoms with Crippen molar-refractivity contribution in [2.75, 3.05) is 12.3 Å². The van der Waals surface area contributed by atoms with Crippen molar-refractivity contribution in [3.63, 3.8) is 0 Å². The number of rotatable bonds is 4. The third kappa shape index (κ3) is 2.89. The number of para-hydroxylation sites is 1. The van der Waals surface area contributed by atoms with E-state index < -0.39 is 0 Å². The molecule has 0 aliphatic heterocycles. The molecule has 0 bridgehead atoms. The lowest BCUT2D eigenvalue weighted by Gasteiger charge is -2.03. The summed E-state index contributed by atoms with van der Waals surface area (Å²) in [6.45, 7) is 0.605. The van der Waals surface area contributed by atoms with Gasteiger partial charge in [-0.05, 0) is 24.1 Å². The molecule has 4 heteroatoms. The van der Waals surface area contributed by atoms with E-state index in [4.69, 9.17) is 5.73 Å². The molecule has 0 unspecified atom stereocenters. The normalized spacial score (nSPS) is 10.7. The van der Waals surface area contributed by atoms with Gasteiger partial charge in [0, 0.05) is 11.9 Å². The average Bonchev–Trinajstić information content (AvgIpc) is 2.94. The Balaban J connectivity index is 1.65. The van der Waals surface area contributed by atoms with E-state index in [9.17, 15) is 4.79 Å². The zero-order valence-electron chi connectivity index (χ0n) is 11.6. The number of carbonyl (C=O) groups is 1. The summed E-state index contributed by atoms with van der Waals surface area (Å²) >= 11 is 0. The lowest BCUT2D eigenvalue weighted by Crippen LogP contribution is -2.25. The number of nitrogen functional groups attached to an aromatic ring is 1. The number of hydrogen-bond acceptors (Lipinski definition) is 2. The Bertz CT molecular complexity index is 762. The number of amides is 1. The predicted molar refractivity (Wildman–Crippen MR) is 85.2 cm³/mol. The molecular formula is C17H17N3O. The summed E-state index contributed by atoms with van der Waals surface area (Å²) in [5, 5.41) is 3.86. The molecule has 4 N–H and O–H groups in total. The van der Waals surface area contributed by atoms with Crippen molar-refractivity contribution in [2.45, 2.75) is 6.42 Å². The van der Waals surface area contributed by atoms with Crippen LogP contribution in [-0.4, -0.2) is 17.4 Å². The maximum absolute atomic E-state index is 12.1. The quantitative estimate of drug-likeness (QED) is 0.643. The number of fused-ring (bicyclic) bond motifs is 1. The average molecular weight is 279 g/mol. The molecule has 0 saturated carbocycles. The third-order valence-electron chi connectivity index (χ3n) is 3.48. The number of H-pyrrole nitrogens is 1. The molecule has 0 fully saturated rings. The minimum absolute atomic E-state index is 0.110. The topological polar surface area (TPSA) is 70.9 Å². The molecule has 0 aliphatic carbocycles. The van der Waals surface area contributed by atoms with Crippen molar-refractivity contribution in [3.05, 3.63) is 65.9 Å². The van der Waals surface area contributed by atoms with Gasteiger partial charge in [0.2, 0.25) is 0 Å². The van der Waals surface area contributed by atoms with Crippen LogP contribution < -0.4 is 11.1 Å². The number of nitrogens with one attached hydrogen (secondary N) is 2. The Morgan fingerprint density at radius 2 is 1.90 bits per heavy atom. The first-order chi connectivity index (χ1) is 10.2. The second kappa shape index (κ2) is 5.71. The highest BCUT2D eigenvalue weighted by Gasteiger charge is 2.10. The Morgan fingerprint density at radius 1 is 1.10 bits per heavy atom. The number of carbonyl (C=O) groups excluding carboxylic acids is 1. The van der Waals surface area contributed by atoms with E-state index in [0.717, 1.165) is 17.3 Å². The zero-order chi connectivity index (χ0) is 14.7. The molecule has 0 atom stereocenters. The van der Waals surface area contributed by atoms with E-state index in [-0.39, 0.29) is 5.91 Å². The van der Waals surface area contributed by atoms with E-state index in [0.29, 0.717) is 17.9 Å². The van der Waals surface area contributed by atoms with Crippen LogP contribution in [-0.2, 0) is 6.42 Å². The van der Waals surface area contributed by atoms with Gasteiger partial charge in [-0.25, -0.2) is 0 Å². The van der Waals surface area contributed by atoms with Crippen LogP contribution in [0.15, 0.2) is 54.6 Å². The lowest BCUT2D eigenvalue weighted by atomic mass is 10.1. The van der Waals surface area contributed by atoms with Crippen LogP contribution in [0.4, 0.5) is 5.69 Å². The molecule has 1 heterocycles. The first-order valence-corrected chi connectivity index (χ1v) is 6.93.